The fourth-order valence-electron chi connectivity index (χ4n) is 0. The number of hydrogen-bond acceptors (Lipinski definition) is 0. The van der Waals surface area contributed by atoms with Crippen molar-refractivity contribution < 1.29 is 89.8 Å². The first-order valence-corrected chi connectivity index (χ1v) is 0. The minimum atomic E-state index is 0. The van der Waals surface area contributed by atoms with Gasteiger partial charge in [-0.1, -0.05) is 0 Å². The van der Waals surface area contributed by atoms with Gasteiger partial charge in [0.2, 0.25) is 0 Å². The summed E-state index contributed by atoms with van der Waals surface area (Å²) in [5.74, 6) is 0. The molecule has 0 aromatic rings. The summed E-state index contributed by atoms with van der Waals surface area (Å²) < 4.78 is 0. The summed E-state index contributed by atoms with van der Waals surface area (Å²) in [5.41, 5.74) is 0. The van der Waals surface area contributed by atoms with Crippen LogP contribution in [-0.2, 0) is 84.1 Å². The standard InChI is InChI=1S/2Co.2Fe.3O.2Sr.4H/q;;2*+3;3*-2;2*+2;4*-1. The summed E-state index contributed by atoms with van der Waals surface area (Å²) in [7, 11) is 0. The van der Waals surface area contributed by atoms with Gasteiger partial charge in [0.1, 0.15) is 0 Å². The summed E-state index contributed by atoms with van der Waals surface area (Å²) in [6.45, 7) is 0. The van der Waals surface area contributed by atoms with Gasteiger partial charge in [-0.3, -0.25) is 0 Å². The first-order valence-electron chi connectivity index (χ1n) is 0. The second-order valence-corrected chi connectivity index (χ2v) is 0. The monoisotopic (exact) mass is 458 g/mol. The van der Waals surface area contributed by atoms with Crippen LogP contribution in [0.15, 0.2) is 0 Å². The molecule has 0 atom stereocenters. The Morgan fingerprint density at radius 2 is 0.556 bits per heavy atom. The van der Waals surface area contributed by atoms with Gasteiger partial charge in [0.25, 0.3) is 0 Å². The molecule has 0 fully saturated rings. The van der Waals surface area contributed by atoms with Gasteiger partial charge in [0.05, 0.1) is 0 Å². The van der Waals surface area contributed by atoms with Gasteiger partial charge < -0.3 is 22.1 Å². The van der Waals surface area contributed by atoms with Crippen LogP contribution in [0.3, 0.4) is 0 Å². The average Bonchev–Trinajstić information content (AvgIpc) is 0. The molecule has 0 aromatic heterocycles. The third kappa shape index (κ3) is 63.9. The summed E-state index contributed by atoms with van der Waals surface area (Å²) in [5, 5.41) is 0. The van der Waals surface area contributed by atoms with Crippen LogP contribution >= 0.6 is 0 Å². The Labute approximate surface area is 176 Å². The zero-order chi connectivity index (χ0) is 0. The fraction of sp³-hybridized carbons (Fsp3) is 0. The molecule has 60 valence electrons. The Balaban J connectivity index is 0. The van der Waals surface area contributed by atoms with Gasteiger partial charge >= 0.3 is 125 Å². The Kier molecular flexibility index (Phi) is 816. The van der Waals surface area contributed by atoms with Crippen LogP contribution in [0, 0.1) is 0 Å². The molecule has 0 aliphatic carbocycles. The maximum Gasteiger partial charge on any atom is 3.00 e. The molecule has 0 spiro atoms. The van der Waals surface area contributed by atoms with Gasteiger partial charge in [-0.2, -0.15) is 0 Å². The first-order chi connectivity index (χ1) is 0. The van der Waals surface area contributed by atoms with Gasteiger partial charge in [-0.15, -0.1) is 0 Å². The van der Waals surface area contributed by atoms with Gasteiger partial charge in [0, 0.05) is 33.6 Å². The van der Waals surface area contributed by atoms with E-state index in [4.69, 9.17) is 0 Å². The minimum Gasteiger partial charge on any atom is -2.00 e. The smallest absolute Gasteiger partial charge is 2.00 e. The van der Waals surface area contributed by atoms with Crippen LogP contribution in [0.25, 0.3) is 0 Å². The van der Waals surface area contributed by atoms with E-state index in [1.54, 1.807) is 0 Å². The van der Waals surface area contributed by atoms with Gasteiger partial charge in [-0.05, 0) is 0 Å². The van der Waals surface area contributed by atoms with Crippen molar-refractivity contribution in [2.75, 3.05) is 0 Å². The van der Waals surface area contributed by atoms with E-state index in [-0.39, 0.29) is 181 Å². The van der Waals surface area contributed by atoms with E-state index in [2.05, 4.69) is 0 Å². The van der Waals surface area contributed by atoms with Crippen molar-refractivity contribution in [3.05, 3.63) is 0 Å². The normalized spacial score (nSPS) is 0. The molecule has 9 heavy (non-hydrogen) atoms. The molecule has 0 aliphatic heterocycles. The molecule has 0 saturated heterocycles. The molecular weight excluding hydrogens is 453 g/mol. The summed E-state index contributed by atoms with van der Waals surface area (Å²) >= 11 is 0. The second-order valence-electron chi connectivity index (χ2n) is 0. The topological polar surface area (TPSA) is 85.5 Å². The van der Waals surface area contributed by atoms with Crippen molar-refractivity contribution in [3.63, 3.8) is 0 Å². The van der Waals surface area contributed by atoms with E-state index >= 15 is 0 Å². The Hall–Kier alpha value is 4.89. The molecule has 3 nitrogen and oxygen atoms in total. The van der Waals surface area contributed by atoms with Gasteiger partial charge in [-0.25, -0.2) is 0 Å². The van der Waals surface area contributed by atoms with E-state index < -0.39 is 0 Å². The Morgan fingerprint density at radius 3 is 0.556 bits per heavy atom. The number of hydrogen-bond donors (Lipinski definition) is 0. The van der Waals surface area contributed by atoms with E-state index in [0.29, 0.717) is 0 Å². The largest absolute Gasteiger partial charge is 3.00 e. The Bertz CT molecular complexity index is 29.4. The second kappa shape index (κ2) is 76.2. The van der Waals surface area contributed by atoms with Crippen LogP contribution in [0.1, 0.15) is 5.71 Å². The molecular formula is H4Co2Fe2O3Sr2. The third-order valence-corrected chi connectivity index (χ3v) is 0. The molecule has 0 aromatic carbocycles. The molecule has 0 bridgehead atoms. The average molecular weight is 457 g/mol. The fourth-order valence-corrected chi connectivity index (χ4v) is 0. The molecule has 9 heteroatoms. The van der Waals surface area contributed by atoms with Crippen molar-refractivity contribution in [2.24, 2.45) is 0 Å². The van der Waals surface area contributed by atoms with E-state index in [1.165, 1.54) is 0 Å². The van der Waals surface area contributed by atoms with Crippen LogP contribution in [0.4, 0.5) is 0 Å². The molecule has 0 N–H and O–H groups in total. The maximum absolute atomic E-state index is 0. The third-order valence-electron chi connectivity index (χ3n) is 0. The van der Waals surface area contributed by atoms with E-state index in [1.807, 2.05) is 0 Å². The van der Waals surface area contributed by atoms with Gasteiger partial charge in [0.15, 0.2) is 0 Å². The predicted octanol–water partition coefficient (Wildman–Crippen LogP) is -0.678. The van der Waals surface area contributed by atoms with Crippen LogP contribution in [-0.4, -0.2) is 91.0 Å². The summed E-state index contributed by atoms with van der Waals surface area (Å²) in [4.78, 5) is 0. The van der Waals surface area contributed by atoms with Crippen molar-refractivity contribution >= 4 is 91.0 Å². The Morgan fingerprint density at radius 1 is 0.556 bits per heavy atom. The quantitative estimate of drug-likeness (QED) is 0.433. The SMILES string of the molecule is [Co].[Co].[Fe+3].[Fe+3].[H-].[H-].[H-].[H-].[O-2].[O-2].[O-2].[Sr+2].[Sr+2]. The van der Waals surface area contributed by atoms with Crippen LogP contribution in [0.2, 0.25) is 0 Å². The predicted molar refractivity (Wildman–Crippen MR) is 18.0 cm³/mol. The summed E-state index contributed by atoms with van der Waals surface area (Å²) in [6, 6.07) is 0. The van der Waals surface area contributed by atoms with Crippen molar-refractivity contribution in [1.82, 2.24) is 0 Å². The maximum atomic E-state index is 0. The molecule has 0 saturated carbocycles. The van der Waals surface area contributed by atoms with Crippen molar-refractivity contribution in [3.8, 4) is 0 Å². The molecule has 0 rings (SSSR count). The minimum absolute atomic E-state index is 0. The van der Waals surface area contributed by atoms with E-state index in [9.17, 15) is 0 Å². The van der Waals surface area contributed by atoms with Crippen LogP contribution < -0.4 is 0 Å². The zero-order valence-corrected chi connectivity index (χ0v) is 15.3. The molecule has 0 aliphatic rings. The molecule has 0 unspecified atom stereocenters. The zero-order valence-electron chi connectivity index (χ0n) is 8.01. The van der Waals surface area contributed by atoms with Crippen molar-refractivity contribution in [2.45, 2.75) is 0 Å². The number of rotatable bonds is 0. The van der Waals surface area contributed by atoms with Crippen molar-refractivity contribution in [1.29, 1.82) is 0 Å². The van der Waals surface area contributed by atoms with Crippen LogP contribution in [0.5, 0.6) is 0 Å². The molecule has 4 radical (unpaired) electrons. The first kappa shape index (κ1) is 96.5. The van der Waals surface area contributed by atoms with E-state index in [0.717, 1.165) is 0 Å². The molecule has 0 amide bonds. The summed E-state index contributed by atoms with van der Waals surface area (Å²) in [6.07, 6.45) is 0. The molecule has 0 heterocycles.